The number of hydrogen-bond acceptors (Lipinski definition) is 5. The van der Waals surface area contributed by atoms with Gasteiger partial charge in [-0.1, -0.05) is 12.1 Å². The molecule has 0 radical (unpaired) electrons. The summed E-state index contributed by atoms with van der Waals surface area (Å²) in [6.45, 7) is 5.80. The van der Waals surface area contributed by atoms with Gasteiger partial charge < -0.3 is 25.0 Å². The van der Waals surface area contributed by atoms with Crippen LogP contribution in [-0.4, -0.2) is 42.5 Å². The molecule has 6 nitrogen and oxygen atoms in total. The van der Waals surface area contributed by atoms with Gasteiger partial charge in [-0.3, -0.25) is 4.79 Å². The van der Waals surface area contributed by atoms with E-state index in [4.69, 9.17) is 9.47 Å². The van der Waals surface area contributed by atoms with Crippen molar-refractivity contribution in [1.82, 2.24) is 5.32 Å². The Morgan fingerprint density at radius 3 is 2.71 bits per heavy atom. The smallest absolute Gasteiger partial charge is 0.325 e. The van der Waals surface area contributed by atoms with Crippen LogP contribution in [0.25, 0.3) is 0 Å². The van der Waals surface area contributed by atoms with Gasteiger partial charge in [0.2, 0.25) is 0 Å². The maximum absolute atomic E-state index is 11.4. The van der Waals surface area contributed by atoms with Crippen LogP contribution in [0.2, 0.25) is 0 Å². The fourth-order valence-corrected chi connectivity index (χ4v) is 1.94. The third-order valence-corrected chi connectivity index (χ3v) is 2.91. The number of phenols is 1. The summed E-state index contributed by atoms with van der Waals surface area (Å²) in [5.41, 5.74) is 0.296. The number of hydrogen-bond donors (Lipinski definition) is 3. The number of nitrogens with one attached hydrogen (secondary N) is 1. The molecule has 6 heteroatoms. The first-order valence-corrected chi connectivity index (χ1v) is 7.10. The number of carbonyl (C=O) groups is 1. The summed E-state index contributed by atoms with van der Waals surface area (Å²) >= 11 is 0. The highest BCUT2D eigenvalue weighted by atomic mass is 16.5. The molecule has 0 fully saturated rings. The number of aromatic hydroxyl groups is 1. The van der Waals surface area contributed by atoms with Crippen LogP contribution in [-0.2, 0) is 9.53 Å². The molecule has 3 N–H and O–H groups in total. The van der Waals surface area contributed by atoms with Crippen molar-refractivity contribution in [2.45, 2.75) is 26.3 Å². The lowest BCUT2D eigenvalue weighted by Gasteiger charge is -2.17. The fraction of sp³-hybridized carbons (Fsp3) is 0.533. The van der Waals surface area contributed by atoms with Gasteiger partial charge in [0.15, 0.2) is 11.5 Å². The molecule has 0 aliphatic rings. The first-order chi connectivity index (χ1) is 10.1. The molecule has 0 amide bonds. The van der Waals surface area contributed by atoms with Crippen molar-refractivity contribution >= 4 is 5.97 Å². The number of para-hydroxylation sites is 1. The quantitative estimate of drug-likeness (QED) is 0.572. The third-order valence-electron chi connectivity index (χ3n) is 2.91. The van der Waals surface area contributed by atoms with Gasteiger partial charge in [0, 0.05) is 18.8 Å². The summed E-state index contributed by atoms with van der Waals surface area (Å²) < 4.78 is 10.5. The van der Waals surface area contributed by atoms with E-state index in [2.05, 4.69) is 5.32 Å². The van der Waals surface area contributed by atoms with Gasteiger partial charge in [-0.05, 0) is 32.9 Å². The molecule has 21 heavy (non-hydrogen) atoms. The summed E-state index contributed by atoms with van der Waals surface area (Å²) in [5.74, 6) is -0.892. The Labute approximate surface area is 124 Å². The Bertz CT molecular complexity index is 450. The normalized spacial score (nSPS) is 12.1. The Hall–Kier alpha value is -1.79. The average molecular weight is 297 g/mol. The molecule has 0 spiro atoms. The van der Waals surface area contributed by atoms with Gasteiger partial charge in [0.25, 0.3) is 0 Å². The minimum Gasteiger partial charge on any atom is -0.504 e. The van der Waals surface area contributed by atoms with Gasteiger partial charge in [-0.25, -0.2) is 0 Å². The van der Waals surface area contributed by atoms with E-state index in [1.165, 1.54) is 0 Å². The van der Waals surface area contributed by atoms with Crippen LogP contribution in [0.15, 0.2) is 18.2 Å². The Morgan fingerprint density at radius 2 is 2.10 bits per heavy atom. The Balaban J connectivity index is 2.76. The largest absolute Gasteiger partial charge is 0.504 e. The average Bonchev–Trinajstić information content (AvgIpc) is 2.46. The lowest BCUT2D eigenvalue weighted by molar-refractivity contribution is -0.139. The van der Waals surface area contributed by atoms with Crippen LogP contribution in [0.4, 0.5) is 0 Å². The summed E-state index contributed by atoms with van der Waals surface area (Å²) in [5, 5.41) is 22.4. The number of benzene rings is 1. The van der Waals surface area contributed by atoms with Gasteiger partial charge in [-0.15, -0.1) is 0 Å². The zero-order valence-corrected chi connectivity index (χ0v) is 12.5. The molecule has 0 aliphatic heterocycles. The lowest BCUT2D eigenvalue weighted by Crippen LogP contribution is -2.30. The standard InChI is InChI=1S/C15H23NO5/c1-3-20-10-6-9-16-13(15(18)19)11-7-5-8-12(14(11)17)21-4-2/h5,7-8,13,16-17H,3-4,6,9-10H2,1-2H3,(H,18,19). The van der Waals surface area contributed by atoms with E-state index in [1.807, 2.05) is 6.92 Å². The van der Waals surface area contributed by atoms with Crippen molar-refractivity contribution in [3.05, 3.63) is 23.8 Å². The van der Waals surface area contributed by atoms with Gasteiger partial charge in [0.1, 0.15) is 6.04 Å². The maximum atomic E-state index is 11.4. The predicted octanol–water partition coefficient (Wildman–Crippen LogP) is 1.93. The van der Waals surface area contributed by atoms with Gasteiger partial charge >= 0.3 is 5.97 Å². The van der Waals surface area contributed by atoms with Crippen molar-refractivity contribution in [2.24, 2.45) is 0 Å². The van der Waals surface area contributed by atoms with Crippen molar-refractivity contribution in [3.8, 4) is 11.5 Å². The minimum atomic E-state index is -1.05. The number of carboxylic acid groups (broad SMARTS) is 1. The topological polar surface area (TPSA) is 88.0 Å². The van der Waals surface area contributed by atoms with Crippen LogP contribution in [0.3, 0.4) is 0 Å². The highest BCUT2D eigenvalue weighted by Crippen LogP contribution is 2.33. The monoisotopic (exact) mass is 297 g/mol. The van der Waals surface area contributed by atoms with Crippen LogP contribution in [0, 0.1) is 0 Å². The molecule has 0 saturated heterocycles. The molecular formula is C15H23NO5. The second-order valence-electron chi connectivity index (χ2n) is 4.40. The number of phenolic OH excluding ortho intramolecular Hbond substituents is 1. The summed E-state index contributed by atoms with van der Waals surface area (Å²) in [6.07, 6.45) is 0.698. The van der Waals surface area contributed by atoms with E-state index in [9.17, 15) is 15.0 Å². The van der Waals surface area contributed by atoms with E-state index < -0.39 is 12.0 Å². The van der Waals surface area contributed by atoms with Crippen molar-refractivity contribution in [3.63, 3.8) is 0 Å². The molecule has 1 unspecified atom stereocenters. The lowest BCUT2D eigenvalue weighted by atomic mass is 10.0. The number of rotatable bonds is 10. The molecule has 0 aromatic heterocycles. The molecule has 1 aromatic rings. The van der Waals surface area contributed by atoms with Crippen LogP contribution in [0.5, 0.6) is 11.5 Å². The second-order valence-corrected chi connectivity index (χ2v) is 4.40. The Morgan fingerprint density at radius 1 is 1.33 bits per heavy atom. The maximum Gasteiger partial charge on any atom is 0.325 e. The van der Waals surface area contributed by atoms with Gasteiger partial charge in [-0.2, -0.15) is 0 Å². The molecule has 0 saturated carbocycles. The number of ether oxygens (including phenoxy) is 2. The number of aliphatic carboxylic acids is 1. The minimum absolute atomic E-state index is 0.135. The molecule has 1 atom stereocenters. The second kappa shape index (κ2) is 9.20. The molecule has 1 aromatic carbocycles. The van der Waals surface area contributed by atoms with Crippen molar-refractivity contribution in [1.29, 1.82) is 0 Å². The van der Waals surface area contributed by atoms with E-state index in [-0.39, 0.29) is 11.5 Å². The zero-order chi connectivity index (χ0) is 15.7. The predicted molar refractivity (Wildman–Crippen MR) is 78.8 cm³/mol. The first-order valence-electron chi connectivity index (χ1n) is 7.10. The van der Waals surface area contributed by atoms with Gasteiger partial charge in [0.05, 0.1) is 6.61 Å². The highest BCUT2D eigenvalue weighted by molar-refractivity contribution is 5.77. The molecule has 0 heterocycles. The van der Waals surface area contributed by atoms with Crippen LogP contribution >= 0.6 is 0 Å². The number of carboxylic acids is 1. The fourth-order valence-electron chi connectivity index (χ4n) is 1.94. The van der Waals surface area contributed by atoms with E-state index in [1.54, 1.807) is 25.1 Å². The van der Waals surface area contributed by atoms with Crippen molar-refractivity contribution in [2.75, 3.05) is 26.4 Å². The van der Waals surface area contributed by atoms with Crippen molar-refractivity contribution < 1.29 is 24.5 Å². The SMILES string of the molecule is CCOCCCNC(C(=O)O)c1cccc(OCC)c1O. The Kier molecular flexibility index (Phi) is 7.56. The molecule has 1 rings (SSSR count). The summed E-state index contributed by atoms with van der Waals surface area (Å²) in [4.78, 5) is 11.4. The first kappa shape index (κ1) is 17.3. The third kappa shape index (κ3) is 5.24. The molecule has 0 bridgehead atoms. The molecular weight excluding hydrogens is 274 g/mol. The van der Waals surface area contributed by atoms with Crippen LogP contribution in [0.1, 0.15) is 31.9 Å². The summed E-state index contributed by atoms with van der Waals surface area (Å²) in [6, 6.07) is 3.87. The van der Waals surface area contributed by atoms with E-state index >= 15 is 0 Å². The molecule has 0 aliphatic carbocycles. The summed E-state index contributed by atoms with van der Waals surface area (Å²) in [7, 11) is 0. The van der Waals surface area contributed by atoms with Crippen LogP contribution < -0.4 is 10.1 Å². The van der Waals surface area contributed by atoms with E-state index in [0.29, 0.717) is 38.3 Å². The van der Waals surface area contributed by atoms with E-state index in [0.717, 1.165) is 0 Å². The highest BCUT2D eigenvalue weighted by Gasteiger charge is 2.23. The molecule has 118 valence electrons. The zero-order valence-electron chi connectivity index (χ0n) is 12.5.